The minimum Gasteiger partial charge on any atom is -0.463 e. The molecule has 0 aromatic heterocycles. The van der Waals surface area contributed by atoms with Gasteiger partial charge < -0.3 is 15.4 Å². The zero-order valence-corrected chi connectivity index (χ0v) is 7.42. The lowest BCUT2D eigenvalue weighted by atomic mass is 10.3. The van der Waals surface area contributed by atoms with Crippen LogP contribution in [-0.2, 0) is 14.3 Å². The Morgan fingerprint density at radius 1 is 1.54 bits per heavy atom. The van der Waals surface area contributed by atoms with E-state index >= 15 is 0 Å². The summed E-state index contributed by atoms with van der Waals surface area (Å²) in [6.07, 6.45) is 1.16. The molecule has 5 heteroatoms. The Morgan fingerprint density at radius 2 is 2.23 bits per heavy atom. The molecule has 1 fully saturated rings. The van der Waals surface area contributed by atoms with E-state index in [1.807, 2.05) is 0 Å². The molecule has 1 heterocycles. The SMILES string of the molecule is CCOC(=O)C=C1NCCNC1=O. The van der Waals surface area contributed by atoms with Crippen molar-refractivity contribution in [2.75, 3.05) is 19.7 Å². The predicted molar refractivity (Wildman–Crippen MR) is 45.7 cm³/mol. The Morgan fingerprint density at radius 3 is 2.85 bits per heavy atom. The van der Waals surface area contributed by atoms with E-state index < -0.39 is 5.97 Å². The van der Waals surface area contributed by atoms with Gasteiger partial charge in [0.15, 0.2) is 0 Å². The van der Waals surface area contributed by atoms with Crippen molar-refractivity contribution >= 4 is 11.9 Å². The lowest BCUT2D eigenvalue weighted by Crippen LogP contribution is -2.43. The highest BCUT2D eigenvalue weighted by Crippen LogP contribution is 1.94. The fourth-order valence-corrected chi connectivity index (χ4v) is 0.967. The van der Waals surface area contributed by atoms with E-state index in [0.29, 0.717) is 19.7 Å². The highest BCUT2D eigenvalue weighted by atomic mass is 16.5. The number of ether oxygens (including phenoxy) is 1. The maximum atomic E-state index is 11.1. The smallest absolute Gasteiger partial charge is 0.333 e. The fourth-order valence-electron chi connectivity index (χ4n) is 0.967. The second kappa shape index (κ2) is 4.49. The molecular formula is C8H12N2O3. The lowest BCUT2D eigenvalue weighted by molar-refractivity contribution is -0.137. The molecular weight excluding hydrogens is 172 g/mol. The first kappa shape index (κ1) is 9.57. The van der Waals surface area contributed by atoms with Crippen LogP contribution in [0.3, 0.4) is 0 Å². The number of piperazine rings is 1. The largest absolute Gasteiger partial charge is 0.463 e. The third-order valence-electron chi connectivity index (χ3n) is 1.52. The molecule has 0 unspecified atom stereocenters. The Hall–Kier alpha value is -1.52. The van der Waals surface area contributed by atoms with Crippen LogP contribution in [0.1, 0.15) is 6.92 Å². The number of carbonyl (C=O) groups is 2. The third-order valence-corrected chi connectivity index (χ3v) is 1.52. The van der Waals surface area contributed by atoms with Gasteiger partial charge in [0, 0.05) is 13.1 Å². The van der Waals surface area contributed by atoms with Crippen LogP contribution >= 0.6 is 0 Å². The second-order valence-corrected chi connectivity index (χ2v) is 2.49. The van der Waals surface area contributed by atoms with Crippen molar-refractivity contribution in [2.24, 2.45) is 0 Å². The molecule has 0 aliphatic carbocycles. The molecule has 0 aromatic rings. The molecule has 0 saturated carbocycles. The van der Waals surface area contributed by atoms with Gasteiger partial charge in [-0.15, -0.1) is 0 Å². The molecule has 0 spiro atoms. The Bertz CT molecular complexity index is 248. The van der Waals surface area contributed by atoms with Crippen LogP contribution in [-0.4, -0.2) is 31.6 Å². The van der Waals surface area contributed by atoms with E-state index in [0.717, 1.165) is 6.08 Å². The molecule has 1 saturated heterocycles. The van der Waals surface area contributed by atoms with E-state index in [9.17, 15) is 9.59 Å². The molecule has 1 rings (SSSR count). The number of hydrogen-bond donors (Lipinski definition) is 2. The predicted octanol–water partition coefficient (Wildman–Crippen LogP) is -0.847. The van der Waals surface area contributed by atoms with Crippen molar-refractivity contribution in [2.45, 2.75) is 6.92 Å². The standard InChI is InChI=1S/C8H12N2O3/c1-2-13-7(11)5-6-8(12)10-4-3-9-6/h5,9H,2-4H2,1H3,(H,10,12). The molecule has 5 nitrogen and oxygen atoms in total. The minimum atomic E-state index is -0.498. The van der Waals surface area contributed by atoms with Crippen molar-refractivity contribution in [3.05, 3.63) is 11.8 Å². The molecule has 1 aliphatic heterocycles. The van der Waals surface area contributed by atoms with E-state index in [1.54, 1.807) is 6.92 Å². The quantitative estimate of drug-likeness (QED) is 0.433. The Kier molecular flexibility index (Phi) is 3.31. The number of carbonyl (C=O) groups excluding carboxylic acids is 2. The van der Waals surface area contributed by atoms with E-state index in [1.165, 1.54) is 0 Å². The molecule has 1 amide bonds. The summed E-state index contributed by atoms with van der Waals surface area (Å²) in [7, 11) is 0. The summed E-state index contributed by atoms with van der Waals surface area (Å²) in [6.45, 7) is 3.24. The summed E-state index contributed by atoms with van der Waals surface area (Å²) in [6, 6.07) is 0. The van der Waals surface area contributed by atoms with Gasteiger partial charge in [-0.1, -0.05) is 0 Å². The number of hydrogen-bond acceptors (Lipinski definition) is 4. The maximum Gasteiger partial charge on any atom is 0.333 e. The first-order valence-corrected chi connectivity index (χ1v) is 4.14. The van der Waals surface area contributed by atoms with Crippen LogP contribution in [0.4, 0.5) is 0 Å². The summed E-state index contributed by atoms with van der Waals surface area (Å²) in [4.78, 5) is 22.0. The van der Waals surface area contributed by atoms with Gasteiger partial charge in [-0.05, 0) is 6.92 Å². The van der Waals surface area contributed by atoms with Crippen LogP contribution in [0.2, 0.25) is 0 Å². The van der Waals surface area contributed by atoms with Crippen molar-refractivity contribution in [3.8, 4) is 0 Å². The monoisotopic (exact) mass is 184 g/mol. The first-order chi connectivity index (χ1) is 6.24. The third kappa shape index (κ3) is 2.77. The second-order valence-electron chi connectivity index (χ2n) is 2.49. The van der Waals surface area contributed by atoms with E-state index in [2.05, 4.69) is 15.4 Å². The normalized spacial score (nSPS) is 19.2. The lowest BCUT2D eigenvalue weighted by Gasteiger charge is -2.16. The summed E-state index contributed by atoms with van der Waals surface area (Å²) >= 11 is 0. The van der Waals surface area contributed by atoms with Gasteiger partial charge >= 0.3 is 5.97 Å². The Balaban J connectivity index is 2.57. The summed E-state index contributed by atoms with van der Waals surface area (Å²) in [5.74, 6) is -0.763. The van der Waals surface area contributed by atoms with Crippen molar-refractivity contribution in [3.63, 3.8) is 0 Å². The number of esters is 1. The fraction of sp³-hybridized carbons (Fsp3) is 0.500. The zero-order valence-electron chi connectivity index (χ0n) is 7.42. The van der Waals surface area contributed by atoms with Crippen molar-refractivity contribution in [1.82, 2.24) is 10.6 Å². The summed E-state index contributed by atoms with van der Waals surface area (Å²) < 4.78 is 4.66. The molecule has 1 aliphatic rings. The van der Waals surface area contributed by atoms with Crippen LogP contribution < -0.4 is 10.6 Å². The number of nitrogens with one attached hydrogen (secondary N) is 2. The maximum absolute atomic E-state index is 11.1. The minimum absolute atomic E-state index is 0.265. The Labute approximate surface area is 76.1 Å². The van der Waals surface area contributed by atoms with Crippen molar-refractivity contribution < 1.29 is 14.3 Å². The molecule has 0 atom stereocenters. The van der Waals surface area contributed by atoms with Gasteiger partial charge in [0.1, 0.15) is 5.70 Å². The average Bonchev–Trinajstić information content (AvgIpc) is 2.09. The molecule has 0 bridgehead atoms. The van der Waals surface area contributed by atoms with Crippen LogP contribution in [0.25, 0.3) is 0 Å². The summed E-state index contributed by atoms with van der Waals surface area (Å²) in [5, 5.41) is 5.41. The van der Waals surface area contributed by atoms with Crippen molar-refractivity contribution in [1.29, 1.82) is 0 Å². The average molecular weight is 184 g/mol. The molecule has 0 radical (unpaired) electrons. The first-order valence-electron chi connectivity index (χ1n) is 4.14. The van der Waals surface area contributed by atoms with Gasteiger partial charge in [-0.3, -0.25) is 4.79 Å². The van der Waals surface area contributed by atoms with Gasteiger partial charge in [-0.25, -0.2) is 4.79 Å². The molecule has 72 valence electrons. The van der Waals surface area contributed by atoms with Crippen LogP contribution in [0.15, 0.2) is 11.8 Å². The highest BCUT2D eigenvalue weighted by Gasteiger charge is 2.14. The van der Waals surface area contributed by atoms with Gasteiger partial charge in [0.2, 0.25) is 0 Å². The molecule has 13 heavy (non-hydrogen) atoms. The van der Waals surface area contributed by atoms with Gasteiger partial charge in [-0.2, -0.15) is 0 Å². The molecule has 0 aromatic carbocycles. The zero-order chi connectivity index (χ0) is 9.68. The van der Waals surface area contributed by atoms with E-state index in [4.69, 9.17) is 0 Å². The topological polar surface area (TPSA) is 67.4 Å². The van der Waals surface area contributed by atoms with E-state index in [-0.39, 0.29) is 11.6 Å². The number of amides is 1. The molecule has 2 N–H and O–H groups in total. The summed E-state index contributed by atoms with van der Waals surface area (Å²) in [5.41, 5.74) is 0.268. The van der Waals surface area contributed by atoms with Crippen LogP contribution in [0.5, 0.6) is 0 Å². The highest BCUT2D eigenvalue weighted by molar-refractivity contribution is 5.99. The van der Waals surface area contributed by atoms with Crippen LogP contribution in [0, 0.1) is 0 Å². The number of rotatable bonds is 2. The van der Waals surface area contributed by atoms with Gasteiger partial charge in [0.25, 0.3) is 5.91 Å². The van der Waals surface area contributed by atoms with Gasteiger partial charge in [0.05, 0.1) is 12.7 Å².